The molecule has 0 aliphatic carbocycles. The number of anilines is 1. The van der Waals surface area contributed by atoms with E-state index in [1.807, 2.05) is 0 Å². The number of carbonyl (C=O) groups is 1. The summed E-state index contributed by atoms with van der Waals surface area (Å²) in [6.07, 6.45) is 2.06. The van der Waals surface area contributed by atoms with Gasteiger partial charge in [-0.15, -0.1) is 6.58 Å². The van der Waals surface area contributed by atoms with E-state index < -0.39 is 4.92 Å². The Bertz CT molecular complexity index is 530. The van der Waals surface area contributed by atoms with Gasteiger partial charge in [-0.05, 0) is 28.1 Å². The maximum Gasteiger partial charge on any atom is 0.307 e. The molecule has 1 aliphatic rings. The minimum atomic E-state index is -0.478. The first-order valence-electron chi connectivity index (χ1n) is 5.40. The molecule has 0 spiro atoms. The summed E-state index contributed by atoms with van der Waals surface area (Å²) in [5.41, 5.74) is 0.263. The van der Waals surface area contributed by atoms with E-state index in [-0.39, 0.29) is 17.5 Å². The number of nitro benzene ring substituents is 1. The van der Waals surface area contributed by atoms with Crippen LogP contribution in [0.25, 0.3) is 0 Å². The third-order valence-electron chi connectivity index (χ3n) is 2.93. The van der Waals surface area contributed by atoms with Crippen molar-refractivity contribution in [1.29, 1.82) is 0 Å². The molecular weight excluding hydrogens is 300 g/mol. The van der Waals surface area contributed by atoms with Gasteiger partial charge in [0, 0.05) is 18.9 Å². The summed E-state index contributed by atoms with van der Waals surface area (Å²) in [6, 6.07) is 4.86. The zero-order valence-electron chi connectivity index (χ0n) is 9.51. The van der Waals surface area contributed by atoms with Crippen LogP contribution in [0.15, 0.2) is 35.3 Å². The lowest BCUT2D eigenvalue weighted by Gasteiger charge is -2.16. The molecule has 1 aromatic rings. The number of amides is 1. The lowest BCUT2D eigenvalue weighted by atomic mass is 10.1. The number of hydrogen-bond acceptors (Lipinski definition) is 3. The minimum absolute atomic E-state index is 0.0519. The maximum absolute atomic E-state index is 11.9. The second-order valence-electron chi connectivity index (χ2n) is 4.07. The first kappa shape index (κ1) is 12.8. The molecule has 0 aromatic heterocycles. The Morgan fingerprint density at radius 2 is 2.28 bits per heavy atom. The van der Waals surface area contributed by atoms with Crippen LogP contribution in [0, 0.1) is 16.0 Å². The van der Waals surface area contributed by atoms with Crippen LogP contribution in [0.5, 0.6) is 0 Å². The third kappa shape index (κ3) is 2.15. The van der Waals surface area contributed by atoms with Crippen molar-refractivity contribution in [1.82, 2.24) is 0 Å². The normalized spacial score (nSPS) is 19.1. The van der Waals surface area contributed by atoms with Gasteiger partial charge in [0.15, 0.2) is 0 Å². The van der Waals surface area contributed by atoms with Crippen LogP contribution >= 0.6 is 15.9 Å². The fraction of sp³-hybridized carbons (Fsp3) is 0.250. The van der Waals surface area contributed by atoms with Crippen molar-refractivity contribution in [2.45, 2.75) is 6.42 Å². The summed E-state index contributed by atoms with van der Waals surface area (Å²) in [5.74, 6) is -0.0582. The van der Waals surface area contributed by atoms with E-state index in [1.165, 1.54) is 4.90 Å². The highest BCUT2D eigenvalue weighted by Crippen LogP contribution is 2.37. The van der Waals surface area contributed by atoms with Crippen LogP contribution in [0.4, 0.5) is 11.4 Å². The van der Waals surface area contributed by atoms with E-state index in [0.717, 1.165) is 0 Å². The molecule has 0 N–H and O–H groups in total. The highest BCUT2D eigenvalue weighted by molar-refractivity contribution is 9.10. The van der Waals surface area contributed by atoms with Crippen molar-refractivity contribution in [3.8, 4) is 0 Å². The average Bonchev–Trinajstić information content (AvgIpc) is 2.69. The van der Waals surface area contributed by atoms with Gasteiger partial charge in [-0.3, -0.25) is 14.9 Å². The number of halogens is 1. The van der Waals surface area contributed by atoms with Gasteiger partial charge < -0.3 is 4.90 Å². The Kier molecular flexibility index (Phi) is 3.47. The SMILES string of the molecule is C=CC1CC(=O)N(c2cccc(Br)c2[N+](=O)[O-])C1. The molecule has 1 fully saturated rings. The number of nitro groups is 1. The van der Waals surface area contributed by atoms with Crippen molar-refractivity contribution >= 4 is 33.2 Å². The Labute approximate surface area is 112 Å². The summed E-state index contributed by atoms with van der Waals surface area (Å²) >= 11 is 3.15. The standard InChI is InChI=1S/C12H11BrN2O3/c1-2-8-6-11(16)14(7-8)10-5-3-4-9(13)12(10)15(17)18/h2-5,8H,1,6-7H2. The summed E-state index contributed by atoms with van der Waals surface area (Å²) in [4.78, 5) is 23.9. The molecule has 94 valence electrons. The Morgan fingerprint density at radius 1 is 1.56 bits per heavy atom. The van der Waals surface area contributed by atoms with Crippen molar-refractivity contribution in [3.63, 3.8) is 0 Å². The van der Waals surface area contributed by atoms with Gasteiger partial charge in [0.05, 0.1) is 9.40 Å². The molecule has 1 heterocycles. The molecule has 2 rings (SSSR count). The molecule has 1 amide bonds. The van der Waals surface area contributed by atoms with E-state index in [4.69, 9.17) is 0 Å². The topological polar surface area (TPSA) is 63.5 Å². The first-order chi connectivity index (χ1) is 8.54. The predicted molar refractivity (Wildman–Crippen MR) is 71.5 cm³/mol. The van der Waals surface area contributed by atoms with Gasteiger partial charge in [-0.1, -0.05) is 12.1 Å². The van der Waals surface area contributed by atoms with Crippen molar-refractivity contribution < 1.29 is 9.72 Å². The van der Waals surface area contributed by atoms with E-state index in [1.54, 1.807) is 24.3 Å². The lowest BCUT2D eigenvalue weighted by molar-refractivity contribution is -0.384. The quantitative estimate of drug-likeness (QED) is 0.490. The second-order valence-corrected chi connectivity index (χ2v) is 4.92. The molecule has 0 saturated carbocycles. The molecule has 5 nitrogen and oxygen atoms in total. The first-order valence-corrected chi connectivity index (χ1v) is 6.19. The van der Waals surface area contributed by atoms with Crippen molar-refractivity contribution in [3.05, 3.63) is 45.4 Å². The maximum atomic E-state index is 11.9. The third-order valence-corrected chi connectivity index (χ3v) is 3.57. The van der Waals surface area contributed by atoms with E-state index in [9.17, 15) is 14.9 Å². The predicted octanol–water partition coefficient (Wildman–Crippen LogP) is 2.90. The van der Waals surface area contributed by atoms with E-state index in [0.29, 0.717) is 23.1 Å². The molecular formula is C12H11BrN2O3. The molecule has 18 heavy (non-hydrogen) atoms. The minimum Gasteiger partial charge on any atom is -0.306 e. The van der Waals surface area contributed by atoms with Crippen LogP contribution in [0.3, 0.4) is 0 Å². The van der Waals surface area contributed by atoms with Gasteiger partial charge in [0.2, 0.25) is 5.91 Å². The van der Waals surface area contributed by atoms with Crippen molar-refractivity contribution in [2.75, 3.05) is 11.4 Å². The monoisotopic (exact) mass is 310 g/mol. The summed E-state index contributed by atoms with van der Waals surface area (Å²) in [7, 11) is 0. The smallest absolute Gasteiger partial charge is 0.306 e. The lowest BCUT2D eigenvalue weighted by Crippen LogP contribution is -2.25. The molecule has 1 saturated heterocycles. The Balaban J connectivity index is 2.46. The second kappa shape index (κ2) is 4.89. The molecule has 1 unspecified atom stereocenters. The van der Waals surface area contributed by atoms with Gasteiger partial charge in [0.25, 0.3) is 0 Å². The highest BCUT2D eigenvalue weighted by atomic mass is 79.9. The number of benzene rings is 1. The van der Waals surface area contributed by atoms with Crippen LogP contribution in [-0.4, -0.2) is 17.4 Å². The average molecular weight is 311 g/mol. The van der Waals surface area contributed by atoms with Gasteiger partial charge in [-0.25, -0.2) is 0 Å². The number of hydrogen-bond donors (Lipinski definition) is 0. The number of nitrogens with zero attached hydrogens (tertiary/aromatic N) is 2. The molecule has 1 aliphatic heterocycles. The Morgan fingerprint density at radius 3 is 2.83 bits per heavy atom. The van der Waals surface area contributed by atoms with Crippen LogP contribution in [0.1, 0.15) is 6.42 Å². The number of carbonyl (C=O) groups excluding carboxylic acids is 1. The fourth-order valence-corrected chi connectivity index (χ4v) is 2.53. The van der Waals surface area contributed by atoms with Gasteiger partial charge >= 0.3 is 5.69 Å². The number of para-hydroxylation sites is 1. The van der Waals surface area contributed by atoms with E-state index >= 15 is 0 Å². The van der Waals surface area contributed by atoms with Crippen LogP contribution in [0.2, 0.25) is 0 Å². The van der Waals surface area contributed by atoms with Crippen LogP contribution in [-0.2, 0) is 4.79 Å². The van der Waals surface area contributed by atoms with Crippen molar-refractivity contribution in [2.24, 2.45) is 5.92 Å². The summed E-state index contributed by atoms with van der Waals surface area (Å²) in [6.45, 7) is 4.10. The summed E-state index contributed by atoms with van der Waals surface area (Å²) in [5, 5.41) is 11.1. The highest BCUT2D eigenvalue weighted by Gasteiger charge is 2.33. The summed E-state index contributed by atoms with van der Waals surface area (Å²) < 4.78 is 0.375. The molecule has 1 atom stereocenters. The van der Waals surface area contributed by atoms with E-state index in [2.05, 4.69) is 22.5 Å². The molecule has 0 radical (unpaired) electrons. The molecule has 1 aromatic carbocycles. The largest absolute Gasteiger partial charge is 0.307 e. The molecule has 0 bridgehead atoms. The Hall–Kier alpha value is -1.69. The van der Waals surface area contributed by atoms with Gasteiger partial charge in [0.1, 0.15) is 5.69 Å². The van der Waals surface area contributed by atoms with Crippen LogP contribution < -0.4 is 4.90 Å². The molecule has 6 heteroatoms. The zero-order chi connectivity index (χ0) is 13.3. The fourth-order valence-electron chi connectivity index (χ4n) is 2.03. The van der Waals surface area contributed by atoms with Gasteiger partial charge in [-0.2, -0.15) is 0 Å². The zero-order valence-corrected chi connectivity index (χ0v) is 11.1. The number of rotatable bonds is 3.